The SMILES string of the molecule is COCCNC(=O)C1=C[C@@H](c2cccc3c2Cc2ccccc2-3)C[C@@H](OCc2ccc(CO)cc2)O1. The molecule has 0 spiro atoms. The average Bonchev–Trinajstić information content (AvgIpc) is 3.31. The highest BCUT2D eigenvalue weighted by Gasteiger charge is 2.31. The summed E-state index contributed by atoms with van der Waals surface area (Å²) >= 11 is 0. The molecule has 6 heteroatoms. The van der Waals surface area contributed by atoms with Gasteiger partial charge in [-0.1, -0.05) is 66.7 Å². The Morgan fingerprint density at radius 1 is 1.03 bits per heavy atom. The lowest BCUT2D eigenvalue weighted by Gasteiger charge is -2.30. The molecule has 0 bridgehead atoms. The molecule has 0 unspecified atom stereocenters. The lowest BCUT2D eigenvalue weighted by Crippen LogP contribution is -2.34. The monoisotopic (exact) mass is 485 g/mol. The molecule has 0 aromatic heterocycles. The predicted octanol–water partition coefficient (Wildman–Crippen LogP) is 4.44. The van der Waals surface area contributed by atoms with Crippen molar-refractivity contribution in [3.63, 3.8) is 0 Å². The first kappa shape index (κ1) is 24.3. The zero-order valence-electron chi connectivity index (χ0n) is 20.4. The molecule has 0 fully saturated rings. The minimum absolute atomic E-state index is 0.00611. The number of aliphatic hydroxyl groups is 1. The molecule has 1 aliphatic heterocycles. The van der Waals surface area contributed by atoms with Crippen molar-refractivity contribution in [1.82, 2.24) is 5.32 Å². The van der Waals surface area contributed by atoms with E-state index >= 15 is 0 Å². The summed E-state index contributed by atoms with van der Waals surface area (Å²) in [6.07, 6.45) is 2.85. The van der Waals surface area contributed by atoms with Crippen LogP contribution in [-0.2, 0) is 38.6 Å². The van der Waals surface area contributed by atoms with Gasteiger partial charge in [0.25, 0.3) is 5.91 Å². The molecule has 2 N–H and O–H groups in total. The van der Waals surface area contributed by atoms with Crippen molar-refractivity contribution in [2.75, 3.05) is 20.3 Å². The molecule has 36 heavy (non-hydrogen) atoms. The molecule has 5 rings (SSSR count). The Morgan fingerprint density at radius 3 is 2.61 bits per heavy atom. The first-order valence-electron chi connectivity index (χ1n) is 12.3. The molecule has 1 aliphatic carbocycles. The van der Waals surface area contributed by atoms with Gasteiger partial charge >= 0.3 is 0 Å². The molecule has 2 aliphatic rings. The number of hydrogen-bond donors (Lipinski definition) is 2. The summed E-state index contributed by atoms with van der Waals surface area (Å²) < 4.78 is 17.2. The highest BCUT2D eigenvalue weighted by atomic mass is 16.7. The van der Waals surface area contributed by atoms with Gasteiger partial charge in [0.15, 0.2) is 5.76 Å². The fraction of sp³-hybridized carbons (Fsp3) is 0.300. The molecule has 0 radical (unpaired) electrons. The van der Waals surface area contributed by atoms with E-state index in [1.165, 1.54) is 27.8 Å². The van der Waals surface area contributed by atoms with Gasteiger partial charge in [0.1, 0.15) is 0 Å². The van der Waals surface area contributed by atoms with Crippen LogP contribution in [0, 0.1) is 0 Å². The van der Waals surface area contributed by atoms with E-state index in [9.17, 15) is 9.90 Å². The van der Waals surface area contributed by atoms with E-state index in [0.29, 0.717) is 26.2 Å². The van der Waals surface area contributed by atoms with E-state index in [4.69, 9.17) is 14.2 Å². The number of ether oxygens (including phenoxy) is 3. The summed E-state index contributed by atoms with van der Waals surface area (Å²) in [6.45, 7) is 1.18. The normalized spacial score (nSPS) is 18.1. The summed E-state index contributed by atoms with van der Waals surface area (Å²) in [5, 5.41) is 12.1. The van der Waals surface area contributed by atoms with Gasteiger partial charge in [-0.05, 0) is 51.4 Å². The highest BCUT2D eigenvalue weighted by Crippen LogP contribution is 2.42. The Kier molecular flexibility index (Phi) is 7.47. The largest absolute Gasteiger partial charge is 0.459 e. The van der Waals surface area contributed by atoms with Crippen LogP contribution in [0.25, 0.3) is 11.1 Å². The first-order chi connectivity index (χ1) is 17.7. The second kappa shape index (κ2) is 11.1. The molecule has 1 heterocycles. The Morgan fingerprint density at radius 2 is 1.81 bits per heavy atom. The number of nitrogens with one attached hydrogen (secondary N) is 1. The van der Waals surface area contributed by atoms with Gasteiger partial charge in [0.2, 0.25) is 6.29 Å². The Bertz CT molecular complexity index is 1250. The third kappa shape index (κ3) is 5.21. The summed E-state index contributed by atoms with van der Waals surface area (Å²) in [4.78, 5) is 12.9. The van der Waals surface area contributed by atoms with E-state index < -0.39 is 6.29 Å². The van der Waals surface area contributed by atoms with E-state index in [0.717, 1.165) is 17.5 Å². The maximum atomic E-state index is 12.9. The number of benzene rings is 3. The molecule has 6 nitrogen and oxygen atoms in total. The molecule has 186 valence electrons. The van der Waals surface area contributed by atoms with Gasteiger partial charge in [-0.15, -0.1) is 0 Å². The molecular formula is C30H31NO5. The number of carbonyl (C=O) groups excluding carboxylic acids is 1. The fourth-order valence-electron chi connectivity index (χ4n) is 4.95. The number of aliphatic hydroxyl groups excluding tert-OH is 1. The van der Waals surface area contributed by atoms with Crippen molar-refractivity contribution in [3.05, 3.63) is 106 Å². The van der Waals surface area contributed by atoms with E-state index in [-0.39, 0.29) is 24.2 Å². The van der Waals surface area contributed by atoms with Crippen molar-refractivity contribution in [3.8, 4) is 11.1 Å². The number of carbonyl (C=O) groups is 1. The maximum Gasteiger partial charge on any atom is 0.286 e. The zero-order chi connectivity index (χ0) is 24.9. The van der Waals surface area contributed by atoms with Gasteiger partial charge in [0, 0.05) is 26.0 Å². The molecule has 0 saturated carbocycles. The topological polar surface area (TPSA) is 77.0 Å². The second-order valence-electron chi connectivity index (χ2n) is 9.16. The van der Waals surface area contributed by atoms with Crippen LogP contribution in [0.2, 0.25) is 0 Å². The molecule has 2 atom stereocenters. The van der Waals surface area contributed by atoms with Crippen LogP contribution in [-0.4, -0.2) is 37.6 Å². The van der Waals surface area contributed by atoms with Gasteiger partial charge < -0.3 is 24.6 Å². The van der Waals surface area contributed by atoms with Crippen molar-refractivity contribution in [2.24, 2.45) is 0 Å². The predicted molar refractivity (Wildman–Crippen MR) is 137 cm³/mol. The van der Waals surface area contributed by atoms with Crippen LogP contribution in [0.5, 0.6) is 0 Å². The Labute approximate surface area is 211 Å². The van der Waals surface area contributed by atoms with Gasteiger partial charge in [-0.2, -0.15) is 0 Å². The first-order valence-corrected chi connectivity index (χ1v) is 12.3. The molecule has 3 aromatic rings. The van der Waals surface area contributed by atoms with Crippen LogP contribution < -0.4 is 5.32 Å². The molecular weight excluding hydrogens is 454 g/mol. The van der Waals surface area contributed by atoms with Crippen LogP contribution in [0.15, 0.2) is 78.6 Å². The lowest BCUT2D eigenvalue weighted by molar-refractivity contribution is -0.150. The van der Waals surface area contributed by atoms with Crippen molar-refractivity contribution in [1.29, 1.82) is 0 Å². The van der Waals surface area contributed by atoms with E-state index in [1.54, 1.807) is 7.11 Å². The summed E-state index contributed by atoms with van der Waals surface area (Å²) in [7, 11) is 1.60. The van der Waals surface area contributed by atoms with Gasteiger partial charge in [-0.3, -0.25) is 4.79 Å². The van der Waals surface area contributed by atoms with Crippen LogP contribution in [0.1, 0.15) is 40.2 Å². The fourth-order valence-corrected chi connectivity index (χ4v) is 4.95. The number of rotatable bonds is 9. The maximum absolute atomic E-state index is 12.9. The highest BCUT2D eigenvalue weighted by molar-refractivity contribution is 5.91. The smallest absolute Gasteiger partial charge is 0.286 e. The van der Waals surface area contributed by atoms with Gasteiger partial charge in [-0.25, -0.2) is 0 Å². The van der Waals surface area contributed by atoms with Crippen molar-refractivity contribution >= 4 is 5.91 Å². The lowest BCUT2D eigenvalue weighted by atomic mass is 9.87. The number of amides is 1. The third-order valence-electron chi connectivity index (χ3n) is 6.80. The number of hydrogen-bond acceptors (Lipinski definition) is 5. The summed E-state index contributed by atoms with van der Waals surface area (Å²) in [5.74, 6) is -0.0161. The quantitative estimate of drug-likeness (QED) is 0.343. The zero-order valence-corrected chi connectivity index (χ0v) is 20.4. The molecule has 1 amide bonds. The van der Waals surface area contributed by atoms with Crippen LogP contribution in [0.3, 0.4) is 0 Å². The standard InChI is InChI=1S/C30H31NO5/c1-34-14-13-31-30(33)28-16-23(17-29(36-28)35-19-21-11-9-20(18-32)10-12-21)25-7-4-8-26-24-6-3-2-5-22(24)15-27(25)26/h2-12,16,23,29,32H,13-15,17-19H2,1H3,(H,31,33)/t23-,29+/m1/s1. The second-order valence-corrected chi connectivity index (χ2v) is 9.16. The van der Waals surface area contributed by atoms with E-state index in [1.807, 2.05) is 30.3 Å². The van der Waals surface area contributed by atoms with Crippen LogP contribution in [0.4, 0.5) is 0 Å². The Hall–Kier alpha value is -3.45. The van der Waals surface area contributed by atoms with Gasteiger partial charge in [0.05, 0.1) is 19.8 Å². The number of fused-ring (bicyclic) bond motifs is 3. The van der Waals surface area contributed by atoms with Crippen molar-refractivity contribution < 1.29 is 24.1 Å². The number of methoxy groups -OCH3 is 1. The number of allylic oxidation sites excluding steroid dienone is 1. The molecule has 0 saturated heterocycles. The third-order valence-corrected chi connectivity index (χ3v) is 6.80. The van der Waals surface area contributed by atoms with Crippen molar-refractivity contribution in [2.45, 2.75) is 38.3 Å². The van der Waals surface area contributed by atoms with Crippen LogP contribution >= 0.6 is 0 Å². The molecule has 3 aromatic carbocycles. The summed E-state index contributed by atoms with van der Waals surface area (Å²) in [5.41, 5.74) is 8.20. The summed E-state index contributed by atoms with van der Waals surface area (Å²) in [6, 6.07) is 22.6. The average molecular weight is 486 g/mol. The minimum Gasteiger partial charge on any atom is -0.459 e. The minimum atomic E-state index is -0.569. The van der Waals surface area contributed by atoms with E-state index in [2.05, 4.69) is 47.8 Å². The Balaban J connectivity index is 1.39.